The molecular formula is C21H15ClFN2OS+. The minimum atomic E-state index is -0.473. The highest BCUT2D eigenvalue weighted by atomic mass is 35.5. The summed E-state index contributed by atoms with van der Waals surface area (Å²) in [5.41, 5.74) is 5.16. The van der Waals surface area contributed by atoms with Gasteiger partial charge < -0.3 is 4.90 Å². The number of amides is 1. The minimum Gasteiger partial charge on any atom is -0.330 e. The second kappa shape index (κ2) is 7.51. The van der Waals surface area contributed by atoms with Crippen LogP contribution < -0.4 is 4.57 Å². The number of hydrogen-bond donors (Lipinski definition) is 0. The summed E-state index contributed by atoms with van der Waals surface area (Å²) in [6.45, 7) is 1.47. The third kappa shape index (κ3) is 3.87. The van der Waals surface area contributed by atoms with E-state index in [0.717, 1.165) is 11.1 Å². The van der Waals surface area contributed by atoms with Crippen molar-refractivity contribution in [2.75, 3.05) is 0 Å². The first kappa shape index (κ1) is 17.7. The summed E-state index contributed by atoms with van der Waals surface area (Å²) >= 11 is 7.34. The Labute approximate surface area is 165 Å². The maximum Gasteiger partial charge on any atom is 0.254 e. The topological polar surface area (TPSA) is 24.2 Å². The molecule has 1 aliphatic rings. The van der Waals surface area contributed by atoms with Gasteiger partial charge in [0.1, 0.15) is 5.82 Å². The van der Waals surface area contributed by atoms with Crippen LogP contribution in [0.2, 0.25) is 5.02 Å². The smallest absolute Gasteiger partial charge is 0.254 e. The fraction of sp³-hybridized carbons (Fsp3) is 0.143. The summed E-state index contributed by atoms with van der Waals surface area (Å²) in [5.74, 6) is 5.69. The second-order valence-electron chi connectivity index (χ2n) is 6.28. The van der Waals surface area contributed by atoms with Gasteiger partial charge in [-0.15, -0.1) is 0 Å². The first-order chi connectivity index (χ1) is 13.1. The minimum absolute atomic E-state index is 0.0591. The van der Waals surface area contributed by atoms with Gasteiger partial charge in [0.2, 0.25) is 12.1 Å². The molecule has 0 fully saturated rings. The molecule has 0 spiro atoms. The highest BCUT2D eigenvalue weighted by Crippen LogP contribution is 2.26. The molecule has 0 saturated heterocycles. The first-order valence-electron chi connectivity index (χ1n) is 8.36. The number of rotatable bonds is 3. The molecule has 0 N–H and O–H groups in total. The lowest BCUT2D eigenvalue weighted by Gasteiger charge is -2.15. The van der Waals surface area contributed by atoms with Crippen LogP contribution in [0.15, 0.2) is 53.5 Å². The molecule has 0 aliphatic carbocycles. The van der Waals surface area contributed by atoms with E-state index >= 15 is 0 Å². The molecule has 0 radical (unpaired) electrons. The van der Waals surface area contributed by atoms with Crippen LogP contribution in [0.25, 0.3) is 0 Å². The van der Waals surface area contributed by atoms with Gasteiger partial charge in [-0.1, -0.05) is 41.0 Å². The zero-order valence-electron chi connectivity index (χ0n) is 14.3. The van der Waals surface area contributed by atoms with Crippen LogP contribution in [0.1, 0.15) is 27.0 Å². The molecule has 2 heterocycles. The van der Waals surface area contributed by atoms with Crippen LogP contribution in [0.4, 0.5) is 4.39 Å². The van der Waals surface area contributed by atoms with Crippen molar-refractivity contribution in [3.8, 4) is 11.8 Å². The summed E-state index contributed by atoms with van der Waals surface area (Å²) in [6, 6.07) is 10.3. The van der Waals surface area contributed by atoms with E-state index in [9.17, 15) is 9.18 Å². The maximum absolute atomic E-state index is 13.6. The molecule has 4 rings (SSSR count). The van der Waals surface area contributed by atoms with Crippen molar-refractivity contribution in [3.05, 3.63) is 86.6 Å². The Morgan fingerprint density at radius 3 is 2.93 bits per heavy atom. The lowest BCUT2D eigenvalue weighted by atomic mass is 10.1. The van der Waals surface area contributed by atoms with Gasteiger partial charge in [-0.2, -0.15) is 4.57 Å². The fourth-order valence-corrected chi connectivity index (χ4v) is 3.73. The monoisotopic (exact) mass is 397 g/mol. The Morgan fingerprint density at radius 2 is 2.15 bits per heavy atom. The molecule has 1 aliphatic heterocycles. The molecule has 134 valence electrons. The van der Waals surface area contributed by atoms with Gasteiger partial charge in [-0.25, -0.2) is 4.39 Å². The quantitative estimate of drug-likeness (QED) is 0.483. The fourth-order valence-electron chi connectivity index (χ4n) is 3.01. The van der Waals surface area contributed by atoms with Crippen molar-refractivity contribution < 1.29 is 13.8 Å². The van der Waals surface area contributed by atoms with Gasteiger partial charge in [0.05, 0.1) is 10.4 Å². The normalized spacial score (nSPS) is 12.7. The van der Waals surface area contributed by atoms with Gasteiger partial charge in [-0.3, -0.25) is 4.79 Å². The van der Waals surface area contributed by atoms with E-state index in [0.29, 0.717) is 30.8 Å². The number of benzene rings is 2. The highest BCUT2D eigenvalue weighted by molar-refractivity contribution is 7.07. The standard InChI is InChI=1S/C21H15ClFN2OS/c22-19-6-4-16(11-20(19)23)12-25-13-17-5-3-15(10-18(17)21(25)26)2-1-7-24-8-9-27-14-24/h3-6,8-11,14H,7,12-13H2/q+1. The number of carbonyl (C=O) groups excluding carboxylic acids is 1. The molecule has 0 saturated carbocycles. The predicted molar refractivity (Wildman–Crippen MR) is 103 cm³/mol. The third-order valence-corrected chi connectivity index (χ3v) is 5.35. The van der Waals surface area contributed by atoms with Crippen LogP contribution in [0.3, 0.4) is 0 Å². The van der Waals surface area contributed by atoms with Crippen molar-refractivity contribution >= 4 is 28.8 Å². The second-order valence-corrected chi connectivity index (χ2v) is 7.44. The summed E-state index contributed by atoms with van der Waals surface area (Å²) in [6.07, 6.45) is 1.98. The SMILES string of the molecule is O=C1c2cc(C#CC[n+]3ccsc3)ccc2CN1Cc1ccc(Cl)c(F)c1. The number of aromatic nitrogens is 1. The Hall–Kier alpha value is -2.68. The van der Waals surface area contributed by atoms with Gasteiger partial charge in [0.15, 0.2) is 6.20 Å². The molecule has 27 heavy (non-hydrogen) atoms. The van der Waals surface area contributed by atoms with Gasteiger partial charge in [0.25, 0.3) is 5.91 Å². The van der Waals surface area contributed by atoms with Crippen molar-refractivity contribution in [2.45, 2.75) is 19.6 Å². The Balaban J connectivity index is 1.49. The van der Waals surface area contributed by atoms with E-state index in [1.54, 1.807) is 22.3 Å². The van der Waals surface area contributed by atoms with Crippen molar-refractivity contribution in [1.29, 1.82) is 0 Å². The largest absolute Gasteiger partial charge is 0.330 e. The van der Waals surface area contributed by atoms with Crippen LogP contribution in [-0.2, 0) is 19.6 Å². The average molecular weight is 398 g/mol. The summed E-state index contributed by atoms with van der Waals surface area (Å²) < 4.78 is 15.6. The Bertz CT molecular complexity index is 1070. The van der Waals surface area contributed by atoms with Crippen LogP contribution in [0.5, 0.6) is 0 Å². The number of fused-ring (bicyclic) bond motifs is 1. The van der Waals surface area contributed by atoms with Crippen molar-refractivity contribution in [3.63, 3.8) is 0 Å². The third-order valence-electron chi connectivity index (χ3n) is 4.37. The summed E-state index contributed by atoms with van der Waals surface area (Å²) in [7, 11) is 0. The summed E-state index contributed by atoms with van der Waals surface area (Å²) in [5, 5.41) is 2.08. The molecule has 1 aromatic heterocycles. The molecule has 3 aromatic rings. The molecule has 6 heteroatoms. The average Bonchev–Trinajstić information content (AvgIpc) is 3.27. The zero-order valence-corrected chi connectivity index (χ0v) is 15.9. The van der Waals surface area contributed by atoms with Gasteiger partial charge >= 0.3 is 0 Å². The lowest BCUT2D eigenvalue weighted by molar-refractivity contribution is -0.679. The van der Waals surface area contributed by atoms with E-state index < -0.39 is 5.82 Å². The van der Waals surface area contributed by atoms with Gasteiger partial charge in [-0.05, 0) is 41.3 Å². The van der Waals surface area contributed by atoms with Crippen molar-refractivity contribution in [2.24, 2.45) is 0 Å². The molecule has 1 amide bonds. The molecule has 3 nitrogen and oxygen atoms in total. The number of halogens is 2. The first-order valence-corrected chi connectivity index (χ1v) is 9.68. The number of thiazole rings is 1. The zero-order chi connectivity index (χ0) is 18.8. The molecule has 0 atom stereocenters. The van der Waals surface area contributed by atoms with Crippen LogP contribution >= 0.6 is 22.9 Å². The predicted octanol–water partition coefficient (Wildman–Crippen LogP) is 4.04. The lowest BCUT2D eigenvalue weighted by Crippen LogP contribution is -2.28. The van der Waals surface area contributed by atoms with E-state index in [1.807, 2.05) is 39.9 Å². The molecule has 2 aromatic carbocycles. The van der Waals surface area contributed by atoms with E-state index in [-0.39, 0.29) is 10.9 Å². The van der Waals surface area contributed by atoms with Gasteiger partial charge in [0, 0.05) is 24.2 Å². The maximum atomic E-state index is 13.6. The van der Waals surface area contributed by atoms with E-state index in [1.165, 1.54) is 12.1 Å². The van der Waals surface area contributed by atoms with Crippen molar-refractivity contribution in [1.82, 2.24) is 4.90 Å². The Kier molecular flexibility index (Phi) is 4.93. The number of carbonyl (C=O) groups is 1. The van der Waals surface area contributed by atoms with Crippen LogP contribution in [0, 0.1) is 17.7 Å². The number of hydrogen-bond acceptors (Lipinski definition) is 2. The summed E-state index contributed by atoms with van der Waals surface area (Å²) in [4.78, 5) is 14.4. The van der Waals surface area contributed by atoms with Crippen LogP contribution in [-0.4, -0.2) is 10.8 Å². The van der Waals surface area contributed by atoms with E-state index in [2.05, 4.69) is 11.8 Å². The molecule has 0 unspecified atom stereocenters. The number of nitrogens with zero attached hydrogens (tertiary/aromatic N) is 2. The molecule has 0 bridgehead atoms. The molecular weight excluding hydrogens is 383 g/mol. The van der Waals surface area contributed by atoms with E-state index in [4.69, 9.17) is 11.6 Å². The highest BCUT2D eigenvalue weighted by Gasteiger charge is 2.27. The Morgan fingerprint density at radius 1 is 1.26 bits per heavy atom.